The number of amides is 1. The van der Waals surface area contributed by atoms with Crippen LogP contribution in [-0.4, -0.2) is 27.1 Å². The summed E-state index contributed by atoms with van der Waals surface area (Å²) in [5.74, 6) is -0.178. The van der Waals surface area contributed by atoms with Crippen LogP contribution >= 0.6 is 0 Å². The van der Waals surface area contributed by atoms with Crippen LogP contribution in [0.25, 0.3) is 0 Å². The summed E-state index contributed by atoms with van der Waals surface area (Å²) in [4.78, 5) is 12.1. The van der Waals surface area contributed by atoms with Gasteiger partial charge in [-0.05, 0) is 31.5 Å². The Kier molecular flexibility index (Phi) is 6.20. The molecule has 0 spiro atoms. The smallest absolute Gasteiger partial charge is 0.232 e. The summed E-state index contributed by atoms with van der Waals surface area (Å²) in [5, 5.41) is 2.83. The summed E-state index contributed by atoms with van der Waals surface area (Å²) < 4.78 is 25.3. The zero-order valence-electron chi connectivity index (χ0n) is 14.8. The normalized spacial score (nSPS) is 11.2. The molecule has 2 aromatic rings. The topological polar surface area (TPSA) is 66.5 Å². The highest BCUT2D eigenvalue weighted by atomic mass is 32.2. The van der Waals surface area contributed by atoms with Gasteiger partial charge in [0.2, 0.25) is 15.9 Å². The van der Waals surface area contributed by atoms with Crippen LogP contribution in [0.5, 0.6) is 0 Å². The van der Waals surface area contributed by atoms with Crippen molar-refractivity contribution >= 4 is 21.6 Å². The molecule has 0 atom stereocenters. The third kappa shape index (κ3) is 5.90. The zero-order chi connectivity index (χ0) is 18.4. The van der Waals surface area contributed by atoms with E-state index in [1.807, 2.05) is 50.2 Å². The van der Waals surface area contributed by atoms with E-state index in [4.69, 9.17) is 0 Å². The summed E-state index contributed by atoms with van der Waals surface area (Å²) in [6.45, 7) is 4.48. The fourth-order valence-electron chi connectivity index (χ4n) is 2.51. The maximum Gasteiger partial charge on any atom is 0.232 e. The second-order valence-corrected chi connectivity index (χ2v) is 8.09. The molecular weight excluding hydrogens is 336 g/mol. The number of nitrogens with zero attached hydrogens (tertiary/aromatic N) is 1. The quantitative estimate of drug-likeness (QED) is 0.826. The van der Waals surface area contributed by atoms with E-state index in [2.05, 4.69) is 5.32 Å². The molecule has 2 aromatic carbocycles. The number of nitrogens with one attached hydrogen (secondary N) is 1. The first kappa shape index (κ1) is 19.0. The van der Waals surface area contributed by atoms with Gasteiger partial charge in [-0.2, -0.15) is 0 Å². The largest absolute Gasteiger partial charge is 0.352 e. The SMILES string of the molecule is Cc1ccc(N(CCC(=O)NCc2cccc(C)c2)S(C)(=O)=O)cc1. The minimum Gasteiger partial charge on any atom is -0.352 e. The molecule has 0 radical (unpaired) electrons. The van der Waals surface area contributed by atoms with E-state index in [0.717, 1.165) is 22.9 Å². The molecule has 0 aliphatic heterocycles. The van der Waals surface area contributed by atoms with E-state index in [0.29, 0.717) is 12.2 Å². The summed E-state index contributed by atoms with van der Waals surface area (Å²) in [5.41, 5.74) is 3.77. The number of rotatable bonds is 7. The van der Waals surface area contributed by atoms with Crippen molar-refractivity contribution in [2.24, 2.45) is 0 Å². The van der Waals surface area contributed by atoms with Crippen LogP contribution in [0.4, 0.5) is 5.69 Å². The van der Waals surface area contributed by atoms with Crippen molar-refractivity contribution in [3.05, 3.63) is 65.2 Å². The van der Waals surface area contributed by atoms with Gasteiger partial charge in [-0.3, -0.25) is 9.10 Å². The molecule has 1 N–H and O–H groups in total. The number of carbonyl (C=O) groups excluding carboxylic acids is 1. The molecule has 0 heterocycles. The van der Waals surface area contributed by atoms with Crippen molar-refractivity contribution < 1.29 is 13.2 Å². The zero-order valence-corrected chi connectivity index (χ0v) is 15.6. The van der Waals surface area contributed by atoms with Crippen molar-refractivity contribution in [2.45, 2.75) is 26.8 Å². The Balaban J connectivity index is 1.96. The average molecular weight is 360 g/mol. The number of hydrogen-bond acceptors (Lipinski definition) is 3. The Morgan fingerprint density at radius 3 is 2.32 bits per heavy atom. The molecule has 134 valence electrons. The molecule has 1 amide bonds. The maximum atomic E-state index is 12.1. The van der Waals surface area contributed by atoms with Gasteiger partial charge in [-0.15, -0.1) is 0 Å². The van der Waals surface area contributed by atoms with Crippen LogP contribution in [0.15, 0.2) is 48.5 Å². The number of hydrogen-bond donors (Lipinski definition) is 1. The lowest BCUT2D eigenvalue weighted by Crippen LogP contribution is -2.34. The molecule has 0 unspecified atom stereocenters. The molecule has 2 rings (SSSR count). The first-order valence-corrected chi connectivity index (χ1v) is 9.97. The maximum absolute atomic E-state index is 12.1. The van der Waals surface area contributed by atoms with E-state index in [-0.39, 0.29) is 18.9 Å². The molecule has 0 saturated heterocycles. The lowest BCUT2D eigenvalue weighted by Gasteiger charge is -2.22. The van der Waals surface area contributed by atoms with Gasteiger partial charge < -0.3 is 5.32 Å². The predicted molar refractivity (Wildman–Crippen MR) is 101 cm³/mol. The van der Waals surface area contributed by atoms with Crippen molar-refractivity contribution in [2.75, 3.05) is 17.1 Å². The third-order valence-electron chi connectivity index (χ3n) is 3.84. The van der Waals surface area contributed by atoms with E-state index in [9.17, 15) is 13.2 Å². The Morgan fingerprint density at radius 1 is 1.04 bits per heavy atom. The molecular formula is C19H24N2O3S. The lowest BCUT2D eigenvalue weighted by atomic mass is 10.1. The highest BCUT2D eigenvalue weighted by Crippen LogP contribution is 2.18. The van der Waals surface area contributed by atoms with Gasteiger partial charge in [0, 0.05) is 19.5 Å². The Hall–Kier alpha value is -2.34. The fraction of sp³-hybridized carbons (Fsp3) is 0.316. The highest BCUT2D eigenvalue weighted by Gasteiger charge is 2.18. The second kappa shape index (κ2) is 8.16. The number of carbonyl (C=O) groups is 1. The van der Waals surface area contributed by atoms with E-state index >= 15 is 0 Å². The van der Waals surface area contributed by atoms with Crippen molar-refractivity contribution in [3.63, 3.8) is 0 Å². The van der Waals surface area contributed by atoms with Crippen LogP contribution in [0.2, 0.25) is 0 Å². The number of anilines is 1. The molecule has 0 saturated carbocycles. The van der Waals surface area contributed by atoms with Gasteiger partial charge in [-0.1, -0.05) is 47.5 Å². The highest BCUT2D eigenvalue weighted by molar-refractivity contribution is 7.92. The Labute approximate surface area is 149 Å². The van der Waals surface area contributed by atoms with E-state index in [1.54, 1.807) is 12.1 Å². The summed E-state index contributed by atoms with van der Waals surface area (Å²) in [6.07, 6.45) is 1.25. The minimum atomic E-state index is -3.45. The van der Waals surface area contributed by atoms with Gasteiger partial charge in [0.15, 0.2) is 0 Å². The molecule has 0 aromatic heterocycles. The summed E-state index contributed by atoms with van der Waals surface area (Å²) in [6, 6.07) is 15.1. The van der Waals surface area contributed by atoms with Gasteiger partial charge in [0.1, 0.15) is 0 Å². The van der Waals surface area contributed by atoms with Crippen molar-refractivity contribution in [3.8, 4) is 0 Å². The molecule has 5 nitrogen and oxygen atoms in total. The molecule has 0 aliphatic carbocycles. The third-order valence-corrected chi connectivity index (χ3v) is 5.03. The monoisotopic (exact) mass is 360 g/mol. The summed E-state index contributed by atoms with van der Waals surface area (Å²) in [7, 11) is -3.45. The van der Waals surface area contributed by atoms with Crippen LogP contribution in [0.3, 0.4) is 0 Å². The Bertz CT molecular complexity index is 830. The molecule has 6 heteroatoms. The lowest BCUT2D eigenvalue weighted by molar-refractivity contribution is -0.121. The molecule has 0 bridgehead atoms. The first-order chi connectivity index (χ1) is 11.8. The van der Waals surface area contributed by atoms with Gasteiger partial charge in [-0.25, -0.2) is 8.42 Å². The van der Waals surface area contributed by atoms with Crippen LogP contribution in [0.1, 0.15) is 23.1 Å². The molecule has 0 fully saturated rings. The predicted octanol–water partition coefficient (Wildman–Crippen LogP) is 2.78. The standard InChI is InChI=1S/C19H24N2O3S/c1-15-7-9-18(10-8-15)21(25(3,23)24)12-11-19(22)20-14-17-6-4-5-16(2)13-17/h4-10,13H,11-12,14H2,1-3H3,(H,20,22). The van der Waals surface area contributed by atoms with Crippen molar-refractivity contribution in [1.82, 2.24) is 5.32 Å². The average Bonchev–Trinajstić information content (AvgIpc) is 2.54. The van der Waals surface area contributed by atoms with E-state index in [1.165, 1.54) is 4.31 Å². The van der Waals surface area contributed by atoms with Gasteiger partial charge in [0.05, 0.1) is 11.9 Å². The molecule has 25 heavy (non-hydrogen) atoms. The minimum absolute atomic E-state index is 0.104. The van der Waals surface area contributed by atoms with E-state index < -0.39 is 10.0 Å². The summed E-state index contributed by atoms with van der Waals surface area (Å²) >= 11 is 0. The van der Waals surface area contributed by atoms with Crippen LogP contribution < -0.4 is 9.62 Å². The van der Waals surface area contributed by atoms with Gasteiger partial charge >= 0.3 is 0 Å². The first-order valence-electron chi connectivity index (χ1n) is 8.12. The fourth-order valence-corrected chi connectivity index (χ4v) is 3.44. The van der Waals surface area contributed by atoms with Crippen LogP contribution in [-0.2, 0) is 21.4 Å². The number of aryl methyl sites for hydroxylation is 2. The van der Waals surface area contributed by atoms with Gasteiger partial charge in [0.25, 0.3) is 0 Å². The van der Waals surface area contributed by atoms with Crippen molar-refractivity contribution in [1.29, 1.82) is 0 Å². The van der Waals surface area contributed by atoms with Crippen LogP contribution in [0, 0.1) is 13.8 Å². The molecule has 0 aliphatic rings. The number of benzene rings is 2. The second-order valence-electron chi connectivity index (χ2n) is 6.19. The Morgan fingerprint density at radius 2 is 1.72 bits per heavy atom. The number of sulfonamides is 1.